The third-order valence-electron chi connectivity index (χ3n) is 4.17. The molecule has 1 aliphatic carbocycles. The van der Waals surface area contributed by atoms with Gasteiger partial charge >= 0.3 is 0 Å². The van der Waals surface area contributed by atoms with E-state index in [2.05, 4.69) is 17.1 Å². The quantitative estimate of drug-likeness (QED) is 0.769. The highest BCUT2D eigenvalue weighted by molar-refractivity contribution is 4.83. The Balaban J connectivity index is 1.91. The molecular weight excluding hydrogens is 184 g/mol. The third kappa shape index (κ3) is 2.94. The van der Waals surface area contributed by atoms with E-state index in [1.807, 2.05) is 0 Å². The molecule has 1 saturated heterocycles. The summed E-state index contributed by atoms with van der Waals surface area (Å²) in [5.74, 6) is 0. The summed E-state index contributed by atoms with van der Waals surface area (Å²) in [6, 6.07) is 1.78. The van der Waals surface area contributed by atoms with Crippen molar-refractivity contribution in [1.29, 1.82) is 0 Å². The second-order valence-electron chi connectivity index (χ2n) is 5.10. The number of hydrogen-bond acceptors (Lipinski definition) is 2. The van der Waals surface area contributed by atoms with Gasteiger partial charge in [-0.15, -0.1) is 0 Å². The highest BCUT2D eigenvalue weighted by atomic mass is 15.2. The molecule has 1 atom stereocenters. The van der Waals surface area contributed by atoms with Gasteiger partial charge in [0.15, 0.2) is 0 Å². The molecule has 0 spiro atoms. The first kappa shape index (κ1) is 11.4. The maximum absolute atomic E-state index is 3.52. The topological polar surface area (TPSA) is 15.3 Å². The van der Waals surface area contributed by atoms with Gasteiger partial charge in [0.2, 0.25) is 0 Å². The first-order valence-electron chi connectivity index (χ1n) is 6.88. The van der Waals surface area contributed by atoms with E-state index in [-0.39, 0.29) is 0 Å². The summed E-state index contributed by atoms with van der Waals surface area (Å²) in [4.78, 5) is 2.81. The number of nitrogens with zero attached hydrogens (tertiary/aromatic N) is 1. The summed E-state index contributed by atoms with van der Waals surface area (Å²) in [5, 5.41) is 3.52. The van der Waals surface area contributed by atoms with Gasteiger partial charge in [0.05, 0.1) is 0 Å². The number of nitrogens with one attached hydrogen (secondary N) is 1. The predicted octanol–water partition coefficient (Wildman–Crippen LogP) is 2.39. The average molecular weight is 210 g/mol. The molecule has 0 radical (unpaired) electrons. The Morgan fingerprint density at radius 2 is 1.60 bits per heavy atom. The summed E-state index contributed by atoms with van der Waals surface area (Å²) < 4.78 is 0. The van der Waals surface area contributed by atoms with Gasteiger partial charge < -0.3 is 5.32 Å². The molecular formula is C13H26N2. The fraction of sp³-hybridized carbons (Fsp3) is 1.00. The maximum atomic E-state index is 3.52. The molecule has 0 aromatic carbocycles. The van der Waals surface area contributed by atoms with Crippen LogP contribution in [-0.4, -0.2) is 36.6 Å². The standard InChI is InChI=1S/C13H26N2/c1-2-15(12-6-3-4-7-12)13-8-5-10-14-11-9-13/h12-14H,2-11H2,1H3. The van der Waals surface area contributed by atoms with E-state index in [4.69, 9.17) is 0 Å². The van der Waals surface area contributed by atoms with Gasteiger partial charge in [-0.2, -0.15) is 0 Å². The van der Waals surface area contributed by atoms with E-state index in [0.717, 1.165) is 12.1 Å². The Hall–Kier alpha value is -0.0800. The van der Waals surface area contributed by atoms with Crippen LogP contribution in [0.2, 0.25) is 0 Å². The summed E-state index contributed by atoms with van der Waals surface area (Å²) in [7, 11) is 0. The zero-order valence-corrected chi connectivity index (χ0v) is 10.2. The van der Waals surface area contributed by atoms with Crippen molar-refractivity contribution in [3.63, 3.8) is 0 Å². The van der Waals surface area contributed by atoms with Gasteiger partial charge in [-0.05, 0) is 51.7 Å². The average Bonchev–Trinajstić information content (AvgIpc) is 2.63. The van der Waals surface area contributed by atoms with Crippen LogP contribution in [0.25, 0.3) is 0 Å². The van der Waals surface area contributed by atoms with E-state index >= 15 is 0 Å². The first-order chi connectivity index (χ1) is 7.42. The van der Waals surface area contributed by atoms with Crippen LogP contribution in [0.3, 0.4) is 0 Å². The molecule has 2 heteroatoms. The fourth-order valence-corrected chi connectivity index (χ4v) is 3.38. The Kier molecular flexibility index (Phi) is 4.45. The van der Waals surface area contributed by atoms with Crippen molar-refractivity contribution in [2.24, 2.45) is 0 Å². The van der Waals surface area contributed by atoms with Crippen LogP contribution < -0.4 is 5.32 Å². The predicted molar refractivity (Wildman–Crippen MR) is 65.1 cm³/mol. The van der Waals surface area contributed by atoms with Crippen molar-refractivity contribution in [3.05, 3.63) is 0 Å². The van der Waals surface area contributed by atoms with Gasteiger partial charge in [0.1, 0.15) is 0 Å². The van der Waals surface area contributed by atoms with E-state index in [1.54, 1.807) is 0 Å². The molecule has 2 aliphatic rings. The molecule has 1 N–H and O–H groups in total. The zero-order valence-electron chi connectivity index (χ0n) is 10.2. The molecule has 88 valence electrons. The van der Waals surface area contributed by atoms with Gasteiger partial charge in [0.25, 0.3) is 0 Å². The van der Waals surface area contributed by atoms with Crippen LogP contribution in [0.1, 0.15) is 51.9 Å². The Bertz CT molecular complexity index is 167. The molecule has 2 rings (SSSR count). The van der Waals surface area contributed by atoms with Crippen molar-refractivity contribution in [2.75, 3.05) is 19.6 Å². The molecule has 0 aromatic heterocycles. The zero-order chi connectivity index (χ0) is 10.5. The second-order valence-corrected chi connectivity index (χ2v) is 5.10. The van der Waals surface area contributed by atoms with Crippen LogP contribution in [0.5, 0.6) is 0 Å². The van der Waals surface area contributed by atoms with Gasteiger partial charge in [0, 0.05) is 12.1 Å². The highest BCUT2D eigenvalue weighted by Crippen LogP contribution is 2.27. The minimum absolute atomic E-state index is 0.869. The maximum Gasteiger partial charge on any atom is 0.0111 e. The largest absolute Gasteiger partial charge is 0.317 e. The smallest absolute Gasteiger partial charge is 0.0111 e. The normalized spacial score (nSPS) is 29.6. The van der Waals surface area contributed by atoms with Crippen molar-refractivity contribution in [2.45, 2.75) is 64.0 Å². The number of hydrogen-bond donors (Lipinski definition) is 1. The van der Waals surface area contributed by atoms with Gasteiger partial charge in [-0.25, -0.2) is 0 Å². The second kappa shape index (κ2) is 5.86. The highest BCUT2D eigenvalue weighted by Gasteiger charge is 2.27. The Morgan fingerprint density at radius 3 is 2.33 bits per heavy atom. The van der Waals surface area contributed by atoms with Crippen LogP contribution in [-0.2, 0) is 0 Å². The first-order valence-corrected chi connectivity index (χ1v) is 6.88. The molecule has 0 bridgehead atoms. The monoisotopic (exact) mass is 210 g/mol. The van der Waals surface area contributed by atoms with Gasteiger partial charge in [-0.3, -0.25) is 4.90 Å². The van der Waals surface area contributed by atoms with Crippen molar-refractivity contribution >= 4 is 0 Å². The summed E-state index contributed by atoms with van der Waals surface area (Å²) in [6.45, 7) is 6.07. The Morgan fingerprint density at radius 1 is 0.933 bits per heavy atom. The molecule has 15 heavy (non-hydrogen) atoms. The molecule has 1 unspecified atom stereocenters. The van der Waals surface area contributed by atoms with Crippen LogP contribution >= 0.6 is 0 Å². The third-order valence-corrected chi connectivity index (χ3v) is 4.17. The van der Waals surface area contributed by atoms with Crippen molar-refractivity contribution in [3.8, 4) is 0 Å². The van der Waals surface area contributed by atoms with E-state index in [9.17, 15) is 0 Å². The summed E-state index contributed by atoms with van der Waals surface area (Å²) >= 11 is 0. The fourth-order valence-electron chi connectivity index (χ4n) is 3.38. The van der Waals surface area contributed by atoms with E-state index < -0.39 is 0 Å². The molecule has 0 aromatic rings. The SMILES string of the molecule is CCN(C1CCCC1)C1CCCNCC1. The minimum atomic E-state index is 0.869. The van der Waals surface area contributed by atoms with Crippen LogP contribution in [0.4, 0.5) is 0 Å². The van der Waals surface area contributed by atoms with E-state index in [0.29, 0.717) is 0 Å². The minimum Gasteiger partial charge on any atom is -0.317 e. The summed E-state index contributed by atoms with van der Waals surface area (Å²) in [5.41, 5.74) is 0. The summed E-state index contributed by atoms with van der Waals surface area (Å²) in [6.07, 6.45) is 9.99. The lowest BCUT2D eigenvalue weighted by Crippen LogP contribution is -2.42. The van der Waals surface area contributed by atoms with E-state index in [1.165, 1.54) is 64.6 Å². The lowest BCUT2D eigenvalue weighted by atomic mass is 10.0. The lowest BCUT2D eigenvalue weighted by Gasteiger charge is -2.35. The van der Waals surface area contributed by atoms with Gasteiger partial charge in [-0.1, -0.05) is 19.8 Å². The molecule has 1 aliphatic heterocycles. The molecule has 2 nitrogen and oxygen atoms in total. The molecule has 0 amide bonds. The molecule has 2 fully saturated rings. The molecule has 1 saturated carbocycles. The Labute approximate surface area is 94.4 Å². The van der Waals surface area contributed by atoms with Crippen LogP contribution in [0, 0.1) is 0 Å². The van der Waals surface area contributed by atoms with Crippen molar-refractivity contribution in [1.82, 2.24) is 10.2 Å². The lowest BCUT2D eigenvalue weighted by molar-refractivity contribution is 0.132. The number of rotatable bonds is 3. The van der Waals surface area contributed by atoms with Crippen molar-refractivity contribution < 1.29 is 0 Å². The van der Waals surface area contributed by atoms with Crippen LogP contribution in [0.15, 0.2) is 0 Å². The molecule has 1 heterocycles.